The molecule has 0 aliphatic heterocycles. The largest absolute Gasteiger partial charge is 0.429 e. The van der Waals surface area contributed by atoms with Crippen LogP contribution in [-0.2, 0) is 6.11 Å². The van der Waals surface area contributed by atoms with E-state index in [0.29, 0.717) is 35.6 Å². The van der Waals surface area contributed by atoms with Crippen LogP contribution in [0, 0.1) is 40.5 Å². The highest BCUT2D eigenvalue weighted by molar-refractivity contribution is 5.65. The number of nitriles is 1. The van der Waals surface area contributed by atoms with Gasteiger partial charge in [0.1, 0.15) is 34.6 Å². The lowest BCUT2D eigenvalue weighted by atomic mass is 9.79. The second-order valence-corrected chi connectivity index (χ2v) is 8.86. The lowest BCUT2D eigenvalue weighted by molar-refractivity contribution is -0.187. The van der Waals surface area contributed by atoms with Gasteiger partial charge < -0.3 is 4.74 Å². The molecule has 1 aliphatic carbocycles. The Bertz CT molecular complexity index is 1250. The molecule has 4 rings (SSSR count). The van der Waals surface area contributed by atoms with E-state index in [-0.39, 0.29) is 5.56 Å². The molecule has 182 valence electrons. The third kappa shape index (κ3) is 5.00. The van der Waals surface area contributed by atoms with Gasteiger partial charge in [-0.25, -0.2) is 17.6 Å². The minimum absolute atomic E-state index is 0.207. The van der Waals surface area contributed by atoms with Gasteiger partial charge in [-0.1, -0.05) is 50.1 Å². The molecule has 0 N–H and O–H groups in total. The molecular weight excluding hydrogens is 468 g/mol. The molecule has 0 amide bonds. The summed E-state index contributed by atoms with van der Waals surface area (Å²) in [6.45, 7) is 2.22. The summed E-state index contributed by atoms with van der Waals surface area (Å²) >= 11 is 0. The van der Waals surface area contributed by atoms with Crippen molar-refractivity contribution in [2.45, 2.75) is 44.6 Å². The van der Waals surface area contributed by atoms with E-state index in [2.05, 4.69) is 11.7 Å². The van der Waals surface area contributed by atoms with Crippen molar-refractivity contribution in [2.75, 3.05) is 0 Å². The van der Waals surface area contributed by atoms with Gasteiger partial charge in [0.15, 0.2) is 11.6 Å². The van der Waals surface area contributed by atoms with Gasteiger partial charge in [0.2, 0.25) is 0 Å². The van der Waals surface area contributed by atoms with Gasteiger partial charge >= 0.3 is 6.11 Å². The van der Waals surface area contributed by atoms with Crippen molar-refractivity contribution in [3.8, 4) is 22.9 Å². The minimum atomic E-state index is -4.45. The number of alkyl halides is 2. The van der Waals surface area contributed by atoms with Crippen LogP contribution in [0.5, 0.6) is 5.75 Å². The summed E-state index contributed by atoms with van der Waals surface area (Å²) in [6.07, 6.45) is -0.0728. The standard InChI is InChI=1S/C27H21F6NO/c1-15-2-4-16(5-3-15)17-6-8-18(9-7-17)20-10-11-22(26(31)25(20)30)27(32,33)35-19-12-23(28)21(14-34)24(29)13-19/h6-13,15-16H,2-5H2,1H3. The van der Waals surface area contributed by atoms with Gasteiger partial charge in [0.25, 0.3) is 0 Å². The molecule has 1 fully saturated rings. The number of nitrogens with zero attached hydrogens (tertiary/aromatic N) is 1. The van der Waals surface area contributed by atoms with Gasteiger partial charge in [-0.3, -0.25) is 0 Å². The van der Waals surface area contributed by atoms with Gasteiger partial charge in [-0.2, -0.15) is 14.0 Å². The van der Waals surface area contributed by atoms with Crippen LogP contribution in [0.2, 0.25) is 0 Å². The summed E-state index contributed by atoms with van der Waals surface area (Å²) in [5.74, 6) is -6.08. The number of ether oxygens (including phenoxy) is 1. The highest BCUT2D eigenvalue weighted by atomic mass is 19.3. The third-order valence-corrected chi connectivity index (χ3v) is 6.48. The molecule has 0 radical (unpaired) electrons. The molecule has 0 spiro atoms. The molecule has 1 aliphatic rings. The predicted octanol–water partition coefficient (Wildman–Crippen LogP) is 8.20. The maximum atomic E-state index is 14.8. The summed E-state index contributed by atoms with van der Waals surface area (Å²) in [6, 6.07) is 10.6. The Kier molecular flexibility index (Phi) is 6.79. The average Bonchev–Trinajstić information content (AvgIpc) is 2.81. The van der Waals surface area contributed by atoms with Gasteiger partial charge in [0.05, 0.1) is 0 Å². The normalized spacial score (nSPS) is 18.2. The molecule has 3 aromatic carbocycles. The lowest BCUT2D eigenvalue weighted by Gasteiger charge is -2.26. The Hall–Kier alpha value is -3.47. The Morgan fingerprint density at radius 1 is 0.857 bits per heavy atom. The molecule has 8 heteroatoms. The van der Waals surface area contributed by atoms with Crippen LogP contribution in [0.3, 0.4) is 0 Å². The average molecular weight is 489 g/mol. The zero-order chi connectivity index (χ0) is 25.3. The summed E-state index contributed by atoms with van der Waals surface area (Å²) in [5.41, 5.74) is -1.20. The van der Waals surface area contributed by atoms with Crippen molar-refractivity contribution < 1.29 is 31.1 Å². The number of rotatable bonds is 5. The Balaban J connectivity index is 1.58. The van der Waals surface area contributed by atoms with Crippen LogP contribution < -0.4 is 4.74 Å². The van der Waals surface area contributed by atoms with E-state index >= 15 is 0 Å². The molecule has 0 bridgehead atoms. The van der Waals surface area contributed by atoms with Crippen LogP contribution in [0.25, 0.3) is 11.1 Å². The molecule has 1 saturated carbocycles. The quantitative estimate of drug-likeness (QED) is 0.339. The first kappa shape index (κ1) is 24.6. The molecule has 0 atom stereocenters. The molecular formula is C27H21F6NO. The van der Waals surface area contributed by atoms with Crippen LogP contribution in [0.1, 0.15) is 55.2 Å². The first-order valence-electron chi connectivity index (χ1n) is 11.2. The van der Waals surface area contributed by atoms with Crippen molar-refractivity contribution in [1.82, 2.24) is 0 Å². The molecule has 0 saturated heterocycles. The zero-order valence-corrected chi connectivity index (χ0v) is 18.7. The highest BCUT2D eigenvalue weighted by Crippen LogP contribution is 2.39. The smallest absolute Gasteiger partial charge is 0.429 e. The van der Waals surface area contributed by atoms with Gasteiger partial charge in [-0.15, -0.1) is 0 Å². The lowest BCUT2D eigenvalue weighted by Crippen LogP contribution is -2.24. The van der Waals surface area contributed by atoms with Crippen LogP contribution >= 0.6 is 0 Å². The molecule has 2 nitrogen and oxygen atoms in total. The molecule has 0 aromatic heterocycles. The van der Waals surface area contributed by atoms with Crippen molar-refractivity contribution in [1.29, 1.82) is 5.26 Å². The van der Waals surface area contributed by atoms with E-state index < -0.39 is 46.3 Å². The minimum Gasteiger partial charge on any atom is -0.429 e. The van der Waals surface area contributed by atoms with Gasteiger partial charge in [0, 0.05) is 17.7 Å². The SMILES string of the molecule is CC1CCC(c2ccc(-c3ccc(C(F)(F)Oc4cc(F)c(C#N)c(F)c4)c(F)c3F)cc2)CC1. The fraction of sp³-hybridized carbons (Fsp3) is 0.296. The summed E-state index contributed by atoms with van der Waals surface area (Å²) < 4.78 is 90.5. The predicted molar refractivity (Wildman–Crippen MR) is 118 cm³/mol. The van der Waals surface area contributed by atoms with Crippen molar-refractivity contribution >= 4 is 0 Å². The second kappa shape index (κ2) is 9.65. The Morgan fingerprint density at radius 2 is 1.46 bits per heavy atom. The van der Waals surface area contributed by atoms with Crippen molar-refractivity contribution in [2.24, 2.45) is 5.92 Å². The van der Waals surface area contributed by atoms with Crippen LogP contribution in [0.4, 0.5) is 26.3 Å². The van der Waals surface area contributed by atoms with E-state index in [0.717, 1.165) is 37.3 Å². The Labute approximate surface area is 198 Å². The topological polar surface area (TPSA) is 33.0 Å². The van der Waals surface area contributed by atoms with Crippen LogP contribution in [0.15, 0.2) is 48.5 Å². The summed E-state index contributed by atoms with van der Waals surface area (Å²) in [4.78, 5) is 0. The van der Waals surface area contributed by atoms with E-state index in [9.17, 15) is 26.3 Å². The second-order valence-electron chi connectivity index (χ2n) is 8.86. The first-order valence-corrected chi connectivity index (χ1v) is 11.2. The van der Waals surface area contributed by atoms with Crippen molar-refractivity contribution in [3.05, 3.63) is 88.5 Å². The zero-order valence-electron chi connectivity index (χ0n) is 18.7. The fourth-order valence-corrected chi connectivity index (χ4v) is 4.44. The number of hydrogen-bond donors (Lipinski definition) is 0. The molecule has 3 aromatic rings. The molecule has 0 heterocycles. The molecule has 0 unspecified atom stereocenters. The first-order chi connectivity index (χ1) is 16.6. The third-order valence-electron chi connectivity index (χ3n) is 6.48. The summed E-state index contributed by atoms with van der Waals surface area (Å²) in [7, 11) is 0. The van der Waals surface area contributed by atoms with E-state index in [1.54, 1.807) is 12.1 Å². The fourth-order valence-electron chi connectivity index (χ4n) is 4.44. The van der Waals surface area contributed by atoms with Crippen molar-refractivity contribution in [3.63, 3.8) is 0 Å². The maximum absolute atomic E-state index is 14.8. The van der Waals surface area contributed by atoms with Gasteiger partial charge in [-0.05, 0) is 41.9 Å². The Morgan fingerprint density at radius 3 is 2.03 bits per heavy atom. The van der Waals surface area contributed by atoms with E-state index in [4.69, 9.17) is 5.26 Å². The number of halogens is 6. The number of hydrogen-bond acceptors (Lipinski definition) is 2. The van der Waals surface area contributed by atoms with E-state index in [1.807, 2.05) is 12.1 Å². The number of benzene rings is 3. The molecule has 35 heavy (non-hydrogen) atoms. The summed E-state index contributed by atoms with van der Waals surface area (Å²) in [5, 5.41) is 8.67. The highest BCUT2D eigenvalue weighted by Gasteiger charge is 2.40. The van der Waals surface area contributed by atoms with E-state index in [1.165, 1.54) is 6.07 Å². The van der Waals surface area contributed by atoms with Crippen LogP contribution in [-0.4, -0.2) is 0 Å². The maximum Gasteiger partial charge on any atom is 0.429 e. The monoisotopic (exact) mass is 489 g/mol.